The lowest BCUT2D eigenvalue weighted by atomic mass is 9.84. The van der Waals surface area contributed by atoms with E-state index in [1.54, 1.807) is 0 Å². The molecule has 0 bridgehead atoms. The molecule has 2 aromatic rings. The highest BCUT2D eigenvalue weighted by Crippen LogP contribution is 2.32. The van der Waals surface area contributed by atoms with Crippen molar-refractivity contribution in [1.82, 2.24) is 0 Å². The van der Waals surface area contributed by atoms with Crippen molar-refractivity contribution < 1.29 is 0 Å². The van der Waals surface area contributed by atoms with E-state index in [4.69, 9.17) is 0 Å². The van der Waals surface area contributed by atoms with E-state index in [1.165, 1.54) is 27.9 Å². The highest BCUT2D eigenvalue weighted by molar-refractivity contribution is 5.55. The van der Waals surface area contributed by atoms with E-state index < -0.39 is 0 Å². The molecule has 0 fully saturated rings. The van der Waals surface area contributed by atoms with Crippen LogP contribution in [0.5, 0.6) is 0 Å². The van der Waals surface area contributed by atoms with E-state index in [1.807, 2.05) is 0 Å². The van der Waals surface area contributed by atoms with Gasteiger partial charge in [0.15, 0.2) is 0 Å². The van der Waals surface area contributed by atoms with Crippen molar-refractivity contribution in [2.45, 2.75) is 46.2 Å². The normalized spacial score (nSPS) is 14.5. The average molecular weight is 265 g/mol. The van der Waals surface area contributed by atoms with Crippen molar-refractivity contribution in [3.05, 3.63) is 64.7 Å². The number of benzene rings is 2. The van der Waals surface area contributed by atoms with Gasteiger partial charge in [-0.15, -0.1) is 0 Å². The lowest BCUT2D eigenvalue weighted by Crippen LogP contribution is -2.17. The maximum Gasteiger partial charge on any atom is 0.0436 e. The van der Waals surface area contributed by atoms with Gasteiger partial charge in [-0.25, -0.2) is 0 Å². The Labute approximate surface area is 122 Å². The van der Waals surface area contributed by atoms with Crippen molar-refractivity contribution in [3.63, 3.8) is 0 Å². The molecular formula is C19H23N. The zero-order valence-corrected chi connectivity index (χ0v) is 12.9. The molecule has 0 aromatic heterocycles. The molecule has 2 aromatic carbocycles. The Morgan fingerprint density at radius 3 is 2.00 bits per heavy atom. The largest absolute Gasteiger partial charge is 0.363 e. The molecule has 0 saturated carbocycles. The van der Waals surface area contributed by atoms with E-state index >= 15 is 0 Å². The van der Waals surface area contributed by atoms with Crippen LogP contribution in [0.3, 0.4) is 0 Å². The van der Waals surface area contributed by atoms with Crippen LogP contribution < -0.4 is 4.90 Å². The molecular weight excluding hydrogens is 242 g/mol. The molecule has 0 radical (unpaired) electrons. The average Bonchev–Trinajstić information content (AvgIpc) is 2.80. The lowest BCUT2D eigenvalue weighted by molar-refractivity contribution is 0.586. The second-order valence-electron chi connectivity index (χ2n) is 6.87. The standard InChI is InChI=1S/C19H23N/c1-14-11-17(9-10-18(14)19(2,3)4)20-12-15-7-5-6-8-16(15)13-20/h5-11H,12-13H2,1-4H3. The first-order valence-electron chi connectivity index (χ1n) is 7.38. The Hall–Kier alpha value is -1.76. The van der Waals surface area contributed by atoms with Gasteiger partial charge in [0.25, 0.3) is 0 Å². The van der Waals surface area contributed by atoms with Gasteiger partial charge < -0.3 is 4.90 Å². The minimum atomic E-state index is 0.219. The fourth-order valence-electron chi connectivity index (χ4n) is 3.20. The monoisotopic (exact) mass is 265 g/mol. The van der Waals surface area contributed by atoms with Gasteiger partial charge in [-0.1, -0.05) is 51.1 Å². The highest BCUT2D eigenvalue weighted by Gasteiger charge is 2.21. The van der Waals surface area contributed by atoms with Gasteiger partial charge >= 0.3 is 0 Å². The van der Waals surface area contributed by atoms with Crippen molar-refractivity contribution >= 4 is 5.69 Å². The van der Waals surface area contributed by atoms with Gasteiger partial charge in [-0.3, -0.25) is 0 Å². The van der Waals surface area contributed by atoms with Gasteiger partial charge in [0.2, 0.25) is 0 Å². The molecule has 20 heavy (non-hydrogen) atoms. The first-order valence-corrected chi connectivity index (χ1v) is 7.38. The second kappa shape index (κ2) is 4.66. The molecule has 104 valence electrons. The van der Waals surface area contributed by atoms with E-state index in [-0.39, 0.29) is 5.41 Å². The molecule has 1 heterocycles. The molecule has 1 aliphatic heterocycles. The summed E-state index contributed by atoms with van der Waals surface area (Å²) in [5.74, 6) is 0. The molecule has 0 N–H and O–H groups in total. The number of anilines is 1. The van der Waals surface area contributed by atoms with E-state index in [0.29, 0.717) is 0 Å². The third-order valence-electron chi connectivity index (χ3n) is 4.22. The van der Waals surface area contributed by atoms with Gasteiger partial charge in [0.05, 0.1) is 0 Å². The molecule has 1 aliphatic rings. The van der Waals surface area contributed by atoms with Gasteiger partial charge in [-0.05, 0) is 46.7 Å². The zero-order valence-electron chi connectivity index (χ0n) is 12.9. The summed E-state index contributed by atoms with van der Waals surface area (Å²) in [5, 5.41) is 0. The predicted molar refractivity (Wildman–Crippen MR) is 86.2 cm³/mol. The van der Waals surface area contributed by atoms with Crippen LogP contribution in [0.15, 0.2) is 42.5 Å². The minimum absolute atomic E-state index is 0.219. The number of hydrogen-bond acceptors (Lipinski definition) is 1. The summed E-state index contributed by atoms with van der Waals surface area (Å²) in [6.45, 7) is 11.1. The van der Waals surface area contributed by atoms with Crippen LogP contribution in [0, 0.1) is 6.92 Å². The Morgan fingerprint density at radius 1 is 0.900 bits per heavy atom. The molecule has 0 aliphatic carbocycles. The number of hydrogen-bond donors (Lipinski definition) is 0. The topological polar surface area (TPSA) is 3.24 Å². The van der Waals surface area contributed by atoms with Crippen LogP contribution in [0.25, 0.3) is 0 Å². The summed E-state index contributed by atoms with van der Waals surface area (Å²) in [6.07, 6.45) is 0. The number of fused-ring (bicyclic) bond motifs is 1. The smallest absolute Gasteiger partial charge is 0.0436 e. The van der Waals surface area contributed by atoms with Crippen LogP contribution >= 0.6 is 0 Å². The van der Waals surface area contributed by atoms with Crippen molar-refractivity contribution in [1.29, 1.82) is 0 Å². The minimum Gasteiger partial charge on any atom is -0.363 e. The molecule has 1 heteroatoms. The van der Waals surface area contributed by atoms with Crippen LogP contribution in [0.2, 0.25) is 0 Å². The zero-order chi connectivity index (χ0) is 14.3. The Morgan fingerprint density at radius 2 is 1.50 bits per heavy atom. The Bertz CT molecular complexity index is 609. The number of aryl methyl sites for hydroxylation is 1. The molecule has 0 atom stereocenters. The van der Waals surface area contributed by atoms with Crippen LogP contribution in [-0.4, -0.2) is 0 Å². The molecule has 1 nitrogen and oxygen atoms in total. The van der Waals surface area contributed by atoms with Gasteiger partial charge in [0.1, 0.15) is 0 Å². The van der Waals surface area contributed by atoms with Crippen LogP contribution in [0.1, 0.15) is 43.0 Å². The van der Waals surface area contributed by atoms with Crippen LogP contribution in [-0.2, 0) is 18.5 Å². The summed E-state index contributed by atoms with van der Waals surface area (Å²) >= 11 is 0. The summed E-state index contributed by atoms with van der Waals surface area (Å²) in [7, 11) is 0. The number of nitrogens with zero attached hydrogens (tertiary/aromatic N) is 1. The van der Waals surface area contributed by atoms with Crippen molar-refractivity contribution in [2.24, 2.45) is 0 Å². The van der Waals surface area contributed by atoms with Gasteiger partial charge in [-0.2, -0.15) is 0 Å². The quantitative estimate of drug-likeness (QED) is 0.715. The SMILES string of the molecule is Cc1cc(N2Cc3ccccc3C2)ccc1C(C)(C)C. The Kier molecular flexibility index (Phi) is 3.08. The van der Waals surface area contributed by atoms with Gasteiger partial charge in [0, 0.05) is 18.8 Å². The van der Waals surface area contributed by atoms with Crippen LogP contribution in [0.4, 0.5) is 5.69 Å². The lowest BCUT2D eigenvalue weighted by Gasteiger charge is -2.25. The fraction of sp³-hybridized carbons (Fsp3) is 0.368. The molecule has 0 saturated heterocycles. The highest BCUT2D eigenvalue weighted by atomic mass is 15.1. The van der Waals surface area contributed by atoms with E-state index in [2.05, 4.69) is 75.1 Å². The van der Waals surface area contributed by atoms with Crippen molar-refractivity contribution in [3.8, 4) is 0 Å². The summed E-state index contributed by atoms with van der Waals surface area (Å²) in [6, 6.07) is 15.7. The predicted octanol–water partition coefficient (Wildman–Crippen LogP) is 4.81. The summed E-state index contributed by atoms with van der Waals surface area (Å²) in [4.78, 5) is 2.46. The second-order valence-corrected chi connectivity index (χ2v) is 6.87. The summed E-state index contributed by atoms with van der Waals surface area (Å²) in [5.41, 5.74) is 7.32. The molecule has 0 spiro atoms. The first-order chi connectivity index (χ1) is 9.45. The fourth-order valence-corrected chi connectivity index (χ4v) is 3.20. The van der Waals surface area contributed by atoms with E-state index in [0.717, 1.165) is 13.1 Å². The molecule has 0 amide bonds. The Balaban J connectivity index is 1.89. The third kappa shape index (κ3) is 2.33. The molecule has 3 rings (SSSR count). The number of rotatable bonds is 1. The molecule has 0 unspecified atom stereocenters. The maximum atomic E-state index is 2.46. The maximum absolute atomic E-state index is 2.46. The summed E-state index contributed by atoms with van der Waals surface area (Å²) < 4.78 is 0. The van der Waals surface area contributed by atoms with Crippen molar-refractivity contribution in [2.75, 3.05) is 4.90 Å². The first kappa shape index (κ1) is 13.2. The third-order valence-corrected chi connectivity index (χ3v) is 4.22. The van der Waals surface area contributed by atoms with E-state index in [9.17, 15) is 0 Å².